The van der Waals surface area contributed by atoms with Crippen molar-refractivity contribution in [3.05, 3.63) is 66.9 Å². The summed E-state index contributed by atoms with van der Waals surface area (Å²) in [7, 11) is 3.78. The zero-order chi connectivity index (χ0) is 29.4. The molecule has 2 fully saturated rings. The molecular formula is C30H39F3N4O3. The predicted octanol–water partition coefficient (Wildman–Crippen LogP) is 5.91. The maximum atomic E-state index is 13.0. The zero-order valence-corrected chi connectivity index (χ0v) is 24.5. The lowest BCUT2D eigenvalue weighted by Crippen LogP contribution is -2.35. The number of alkyl halides is 3. The third-order valence-electron chi connectivity index (χ3n) is 12.0. The molecule has 0 saturated heterocycles. The second kappa shape index (κ2) is 7.88. The summed E-state index contributed by atoms with van der Waals surface area (Å²) in [6.45, 7) is 13.5. The highest BCUT2D eigenvalue weighted by Crippen LogP contribution is 2.67. The Balaban J connectivity index is 0.000000164. The molecule has 3 aromatic heterocycles. The van der Waals surface area contributed by atoms with E-state index in [-0.39, 0.29) is 51.0 Å². The van der Waals surface area contributed by atoms with Crippen LogP contribution in [0, 0.1) is 10.8 Å². The molecule has 7 rings (SSSR count). The molecule has 10 heteroatoms. The Morgan fingerprint density at radius 3 is 1.95 bits per heavy atom. The average Bonchev–Trinajstić information content (AvgIpc) is 3.65. The van der Waals surface area contributed by atoms with Gasteiger partial charge in [-0.3, -0.25) is 24.1 Å². The number of rotatable bonds is 2. The van der Waals surface area contributed by atoms with Gasteiger partial charge in [0, 0.05) is 41.7 Å². The average molecular weight is 561 g/mol. The van der Waals surface area contributed by atoms with Crippen molar-refractivity contribution in [1.29, 1.82) is 0 Å². The van der Waals surface area contributed by atoms with Crippen LogP contribution < -0.4 is 11.1 Å². The minimum atomic E-state index is -4.52. The van der Waals surface area contributed by atoms with Crippen LogP contribution in [0.4, 0.5) is 13.2 Å². The molecule has 0 aliphatic heterocycles. The second-order valence-electron chi connectivity index (χ2n) is 14.0. The Hall–Kier alpha value is -2.91. The SMILES string of the molecule is Cn1[nH]c(=O)c2c1[C@]1(C)CC[C@H]2C1(C)C.Cn1c2c(c(=O)n1Cc1ccc(C(F)(F)F)o1)[C@H]1CC[C@]2(C)C1(C)C. The lowest BCUT2D eigenvalue weighted by atomic mass is 9.70. The van der Waals surface area contributed by atoms with Crippen molar-refractivity contribution in [1.82, 2.24) is 19.1 Å². The fourth-order valence-electron chi connectivity index (χ4n) is 8.99. The lowest BCUT2D eigenvalue weighted by molar-refractivity contribution is -0.153. The molecule has 0 radical (unpaired) electrons. The predicted molar refractivity (Wildman–Crippen MR) is 145 cm³/mol. The fourth-order valence-corrected chi connectivity index (χ4v) is 8.99. The molecule has 3 aromatic rings. The monoisotopic (exact) mass is 560 g/mol. The Kier molecular flexibility index (Phi) is 5.37. The molecule has 7 nitrogen and oxygen atoms in total. The van der Waals surface area contributed by atoms with Crippen molar-refractivity contribution in [3.63, 3.8) is 0 Å². The summed E-state index contributed by atoms with van der Waals surface area (Å²) >= 11 is 0. The first-order valence-electron chi connectivity index (χ1n) is 14.1. The smallest absolute Gasteiger partial charge is 0.449 e. The van der Waals surface area contributed by atoms with Gasteiger partial charge in [-0.2, -0.15) is 13.2 Å². The first kappa shape index (κ1) is 27.3. The Morgan fingerprint density at radius 2 is 1.45 bits per heavy atom. The number of nitrogens with zero attached hydrogens (tertiary/aromatic N) is 3. The summed E-state index contributed by atoms with van der Waals surface area (Å²) in [4.78, 5) is 24.9. The second-order valence-corrected chi connectivity index (χ2v) is 14.0. The van der Waals surface area contributed by atoms with Gasteiger partial charge in [0.25, 0.3) is 11.1 Å². The molecule has 4 atom stereocenters. The molecule has 0 unspecified atom stereocenters. The first-order valence-corrected chi connectivity index (χ1v) is 14.1. The highest BCUT2D eigenvalue weighted by molar-refractivity contribution is 5.46. The van der Waals surface area contributed by atoms with Gasteiger partial charge in [-0.15, -0.1) is 0 Å². The summed E-state index contributed by atoms with van der Waals surface area (Å²) in [6.07, 6.45) is -0.134. The summed E-state index contributed by atoms with van der Waals surface area (Å²) in [6, 6.07) is 2.19. The summed E-state index contributed by atoms with van der Waals surface area (Å²) in [5.41, 5.74) is 4.56. The fraction of sp³-hybridized carbons (Fsp3) is 0.667. The third kappa shape index (κ3) is 3.13. The van der Waals surface area contributed by atoms with Crippen molar-refractivity contribution in [2.75, 3.05) is 0 Å². The van der Waals surface area contributed by atoms with E-state index in [0.717, 1.165) is 35.7 Å². The standard InChI is InChI=1S/C18H21F3N2O2.C12H18N2O/c1-16(2)11-7-8-17(16,3)14-13(11)15(24)23(22(14)4)9-10-5-6-12(25-10)18(19,20)21;1-11(2)7-5-6-12(11,3)9-8(7)10(15)13-14(9)4/h5-6,11H,7-9H2,1-4H3;7H,5-6H2,1-4H3,(H,13,15)/t11-,17+;7-,12+/m11/s1. The highest BCUT2D eigenvalue weighted by Gasteiger charge is 2.63. The molecule has 0 aromatic carbocycles. The Bertz CT molecular complexity index is 1640. The maximum absolute atomic E-state index is 13.0. The van der Waals surface area contributed by atoms with E-state index in [4.69, 9.17) is 4.42 Å². The maximum Gasteiger partial charge on any atom is 0.449 e. The van der Waals surface area contributed by atoms with Crippen molar-refractivity contribution < 1.29 is 17.6 Å². The first-order chi connectivity index (χ1) is 18.4. The number of aromatic nitrogens is 4. The number of H-pyrrole nitrogens is 1. The molecule has 3 heterocycles. The van der Waals surface area contributed by atoms with E-state index in [1.54, 1.807) is 0 Å². The van der Waals surface area contributed by atoms with E-state index in [1.165, 1.54) is 29.3 Å². The quantitative estimate of drug-likeness (QED) is 0.423. The van der Waals surface area contributed by atoms with Gasteiger partial charge in [-0.05, 0) is 60.5 Å². The normalized spacial score (nSPS) is 30.4. The Morgan fingerprint density at radius 1 is 0.900 bits per heavy atom. The van der Waals surface area contributed by atoms with Gasteiger partial charge in [0.1, 0.15) is 12.3 Å². The van der Waals surface area contributed by atoms with Crippen molar-refractivity contribution in [2.45, 2.75) is 103 Å². The molecule has 0 amide bonds. The van der Waals surface area contributed by atoms with Gasteiger partial charge in [0.15, 0.2) is 0 Å². The number of halogens is 3. The van der Waals surface area contributed by atoms with Gasteiger partial charge in [-0.1, -0.05) is 41.5 Å². The van der Waals surface area contributed by atoms with Gasteiger partial charge in [0.05, 0.1) is 5.69 Å². The molecule has 4 bridgehead atoms. The van der Waals surface area contributed by atoms with Crippen LogP contribution in [-0.2, 0) is 37.6 Å². The molecule has 40 heavy (non-hydrogen) atoms. The van der Waals surface area contributed by atoms with Crippen LogP contribution in [0.3, 0.4) is 0 Å². The molecular weight excluding hydrogens is 521 g/mol. The third-order valence-corrected chi connectivity index (χ3v) is 12.0. The van der Waals surface area contributed by atoms with Crippen molar-refractivity contribution in [3.8, 4) is 0 Å². The summed E-state index contributed by atoms with van der Waals surface area (Å²) in [5, 5.41) is 2.90. The Labute approximate surface area is 231 Å². The van der Waals surface area contributed by atoms with Gasteiger partial charge in [-0.25, -0.2) is 4.68 Å². The largest absolute Gasteiger partial charge is 0.455 e. The molecule has 1 N–H and O–H groups in total. The van der Waals surface area contributed by atoms with Crippen molar-refractivity contribution >= 4 is 0 Å². The summed E-state index contributed by atoms with van der Waals surface area (Å²) < 4.78 is 48.3. The number of furan rings is 1. The van der Waals surface area contributed by atoms with Crippen LogP contribution in [0.1, 0.15) is 113 Å². The number of aromatic amines is 1. The minimum Gasteiger partial charge on any atom is -0.455 e. The molecule has 4 aliphatic rings. The number of hydrogen-bond acceptors (Lipinski definition) is 3. The topological polar surface area (TPSA) is 77.9 Å². The molecule has 4 aliphatic carbocycles. The molecule has 218 valence electrons. The van der Waals surface area contributed by atoms with E-state index >= 15 is 0 Å². The lowest BCUT2D eigenvalue weighted by Gasteiger charge is -2.36. The van der Waals surface area contributed by atoms with Gasteiger partial charge >= 0.3 is 6.18 Å². The van der Waals surface area contributed by atoms with Crippen LogP contribution in [0.2, 0.25) is 0 Å². The van der Waals surface area contributed by atoms with Crippen LogP contribution in [0.25, 0.3) is 0 Å². The van der Waals surface area contributed by atoms with Crippen molar-refractivity contribution in [2.24, 2.45) is 24.9 Å². The van der Waals surface area contributed by atoms with Crippen LogP contribution >= 0.6 is 0 Å². The van der Waals surface area contributed by atoms with Crippen LogP contribution in [-0.4, -0.2) is 19.1 Å². The van der Waals surface area contributed by atoms with E-state index in [1.807, 2.05) is 23.5 Å². The van der Waals surface area contributed by atoms with Crippen LogP contribution in [0.15, 0.2) is 26.1 Å². The van der Waals surface area contributed by atoms with Gasteiger partial charge in [0.2, 0.25) is 5.76 Å². The van der Waals surface area contributed by atoms with Gasteiger partial charge < -0.3 is 4.42 Å². The number of hydrogen-bond donors (Lipinski definition) is 1. The number of fused-ring (bicyclic) bond motifs is 10. The number of aryl methyl sites for hydroxylation is 1. The minimum absolute atomic E-state index is 0.00163. The molecule has 2 saturated carbocycles. The van der Waals surface area contributed by atoms with E-state index in [2.05, 4.69) is 46.6 Å². The summed E-state index contributed by atoms with van der Waals surface area (Å²) in [5.74, 6) is -0.242. The number of nitrogens with one attached hydrogen (secondary N) is 1. The van der Waals surface area contributed by atoms with E-state index in [0.29, 0.717) is 5.92 Å². The molecule has 0 spiro atoms. The van der Waals surface area contributed by atoms with Crippen LogP contribution in [0.5, 0.6) is 0 Å². The van der Waals surface area contributed by atoms with E-state index in [9.17, 15) is 22.8 Å². The van der Waals surface area contributed by atoms with E-state index < -0.39 is 11.9 Å². The highest BCUT2D eigenvalue weighted by atomic mass is 19.4. The zero-order valence-electron chi connectivity index (χ0n) is 24.5.